The Balaban J connectivity index is 1.54. The molecule has 2 unspecified atom stereocenters. The first-order chi connectivity index (χ1) is 15.0. The Kier molecular flexibility index (Phi) is 7.94. The summed E-state index contributed by atoms with van der Waals surface area (Å²) in [5.74, 6) is -0.161. The van der Waals surface area contributed by atoms with Crippen LogP contribution in [-0.2, 0) is 29.6 Å². The van der Waals surface area contributed by atoms with Crippen LogP contribution in [0.2, 0.25) is 0 Å². The standard InChI is InChI=1S/C20H32N4O6S2/c1-4-31(26,27)23-11-9-22(10-12-23)15-20(25)21-18-5-7-19(8-6-18)32(28,29)24-13-16(2)30-17(3)14-24/h5-8,16-17H,4,9-15H2,1-3H3,(H,21,25). The zero-order valence-corrected chi connectivity index (χ0v) is 20.4. The smallest absolute Gasteiger partial charge is 0.243 e. The van der Waals surface area contributed by atoms with Crippen LogP contribution in [0.25, 0.3) is 0 Å². The Hall–Kier alpha value is -1.57. The van der Waals surface area contributed by atoms with Gasteiger partial charge in [-0.15, -0.1) is 0 Å². The largest absolute Gasteiger partial charge is 0.373 e. The van der Waals surface area contributed by atoms with Gasteiger partial charge in [0.2, 0.25) is 26.0 Å². The highest BCUT2D eigenvalue weighted by atomic mass is 32.2. The maximum atomic E-state index is 12.9. The van der Waals surface area contributed by atoms with Crippen molar-refractivity contribution < 1.29 is 26.4 Å². The highest BCUT2D eigenvalue weighted by molar-refractivity contribution is 7.89. The number of piperazine rings is 1. The molecule has 2 aliphatic rings. The average Bonchev–Trinajstić information content (AvgIpc) is 2.74. The first-order valence-electron chi connectivity index (χ1n) is 10.8. The minimum absolute atomic E-state index is 0.0722. The van der Waals surface area contributed by atoms with E-state index in [2.05, 4.69) is 5.32 Å². The number of rotatable bonds is 7. The van der Waals surface area contributed by atoms with Crippen molar-refractivity contribution in [2.75, 3.05) is 56.9 Å². The van der Waals surface area contributed by atoms with Crippen LogP contribution in [-0.4, -0.2) is 100 Å². The number of anilines is 1. The number of carbonyl (C=O) groups is 1. The van der Waals surface area contributed by atoms with E-state index in [0.29, 0.717) is 45.0 Å². The van der Waals surface area contributed by atoms with Crippen molar-refractivity contribution in [3.63, 3.8) is 0 Å². The van der Waals surface area contributed by atoms with Crippen molar-refractivity contribution >= 4 is 31.6 Å². The number of nitrogens with zero attached hydrogens (tertiary/aromatic N) is 3. The average molecular weight is 489 g/mol. The van der Waals surface area contributed by atoms with E-state index in [-0.39, 0.29) is 35.3 Å². The van der Waals surface area contributed by atoms with Crippen LogP contribution in [0.1, 0.15) is 20.8 Å². The predicted octanol–water partition coefficient (Wildman–Crippen LogP) is 0.390. The second kappa shape index (κ2) is 10.1. The number of hydrogen-bond acceptors (Lipinski definition) is 7. The highest BCUT2D eigenvalue weighted by Crippen LogP contribution is 2.22. The molecule has 180 valence electrons. The number of morpholine rings is 1. The molecule has 2 aliphatic heterocycles. The molecule has 0 saturated carbocycles. The molecule has 0 spiro atoms. The molecule has 1 aromatic rings. The van der Waals surface area contributed by atoms with E-state index in [0.717, 1.165) is 0 Å². The number of hydrogen-bond donors (Lipinski definition) is 1. The van der Waals surface area contributed by atoms with Crippen LogP contribution in [0.4, 0.5) is 5.69 Å². The van der Waals surface area contributed by atoms with Crippen LogP contribution in [0, 0.1) is 0 Å². The number of nitrogens with one attached hydrogen (secondary N) is 1. The third-order valence-corrected chi connectivity index (χ3v) is 9.35. The van der Waals surface area contributed by atoms with Gasteiger partial charge in [-0.05, 0) is 45.0 Å². The number of benzene rings is 1. The Morgan fingerprint density at radius 2 is 1.53 bits per heavy atom. The molecule has 2 saturated heterocycles. The second-order valence-corrected chi connectivity index (χ2v) is 12.4. The van der Waals surface area contributed by atoms with Gasteiger partial charge in [0.15, 0.2) is 0 Å². The molecule has 0 aliphatic carbocycles. The van der Waals surface area contributed by atoms with Gasteiger partial charge in [0.25, 0.3) is 0 Å². The van der Waals surface area contributed by atoms with E-state index in [4.69, 9.17) is 4.74 Å². The Morgan fingerprint density at radius 1 is 0.969 bits per heavy atom. The third-order valence-electron chi connectivity index (χ3n) is 5.62. The Labute approximate surface area is 190 Å². The van der Waals surface area contributed by atoms with Crippen LogP contribution < -0.4 is 5.32 Å². The van der Waals surface area contributed by atoms with Crippen LogP contribution >= 0.6 is 0 Å². The molecule has 0 radical (unpaired) electrons. The first kappa shape index (κ1) is 25.1. The molecule has 1 N–H and O–H groups in total. The summed E-state index contributed by atoms with van der Waals surface area (Å²) in [4.78, 5) is 14.5. The van der Waals surface area contributed by atoms with E-state index >= 15 is 0 Å². The van der Waals surface area contributed by atoms with Gasteiger partial charge in [0, 0.05) is 45.0 Å². The van der Waals surface area contributed by atoms with E-state index in [1.807, 2.05) is 18.7 Å². The maximum absolute atomic E-state index is 12.9. The normalized spacial score (nSPS) is 24.3. The molecule has 3 rings (SSSR count). The zero-order valence-electron chi connectivity index (χ0n) is 18.7. The van der Waals surface area contributed by atoms with E-state index in [1.165, 1.54) is 20.7 Å². The molecule has 0 aromatic heterocycles. The van der Waals surface area contributed by atoms with Crippen LogP contribution in [0.5, 0.6) is 0 Å². The molecule has 1 amide bonds. The quantitative estimate of drug-likeness (QED) is 0.590. The van der Waals surface area contributed by atoms with Gasteiger partial charge in [-0.1, -0.05) is 0 Å². The summed E-state index contributed by atoms with van der Waals surface area (Å²) in [5, 5.41) is 2.77. The lowest BCUT2D eigenvalue weighted by Crippen LogP contribution is -2.50. The summed E-state index contributed by atoms with van der Waals surface area (Å²) in [7, 11) is -6.84. The molecule has 12 heteroatoms. The third kappa shape index (κ3) is 6.06. The van der Waals surface area contributed by atoms with Crippen LogP contribution in [0.3, 0.4) is 0 Å². The van der Waals surface area contributed by atoms with Gasteiger partial charge in [0.05, 0.1) is 29.4 Å². The van der Waals surface area contributed by atoms with Crippen molar-refractivity contribution in [2.45, 2.75) is 37.9 Å². The van der Waals surface area contributed by atoms with Gasteiger partial charge >= 0.3 is 0 Å². The molecule has 1 aromatic carbocycles. The van der Waals surface area contributed by atoms with E-state index in [9.17, 15) is 21.6 Å². The molecule has 2 heterocycles. The Bertz CT molecular complexity index is 995. The molecular formula is C20H32N4O6S2. The lowest BCUT2D eigenvalue weighted by atomic mass is 10.3. The van der Waals surface area contributed by atoms with Gasteiger partial charge in [-0.2, -0.15) is 8.61 Å². The fourth-order valence-electron chi connectivity index (χ4n) is 3.94. The SMILES string of the molecule is CCS(=O)(=O)N1CCN(CC(=O)Nc2ccc(S(=O)(=O)N3CC(C)OC(C)C3)cc2)CC1. The lowest BCUT2D eigenvalue weighted by Gasteiger charge is -2.34. The summed E-state index contributed by atoms with van der Waals surface area (Å²) in [6, 6.07) is 6.13. The van der Waals surface area contributed by atoms with Crippen molar-refractivity contribution in [2.24, 2.45) is 0 Å². The summed E-state index contributed by atoms with van der Waals surface area (Å²) in [6.45, 7) is 7.77. The monoisotopic (exact) mass is 488 g/mol. The summed E-state index contributed by atoms with van der Waals surface area (Å²) in [6.07, 6.45) is -0.341. The number of carbonyl (C=O) groups excluding carboxylic acids is 1. The topological polar surface area (TPSA) is 116 Å². The number of ether oxygens (including phenoxy) is 1. The minimum Gasteiger partial charge on any atom is -0.373 e. The molecule has 2 fully saturated rings. The molecular weight excluding hydrogens is 456 g/mol. The van der Waals surface area contributed by atoms with Crippen molar-refractivity contribution in [1.29, 1.82) is 0 Å². The van der Waals surface area contributed by atoms with Gasteiger partial charge < -0.3 is 10.1 Å². The summed E-state index contributed by atoms with van der Waals surface area (Å²) < 4.78 is 58.2. The highest BCUT2D eigenvalue weighted by Gasteiger charge is 2.32. The van der Waals surface area contributed by atoms with E-state index in [1.54, 1.807) is 19.1 Å². The maximum Gasteiger partial charge on any atom is 0.243 e. The molecule has 32 heavy (non-hydrogen) atoms. The second-order valence-electron chi connectivity index (χ2n) is 8.23. The van der Waals surface area contributed by atoms with Crippen molar-refractivity contribution in [1.82, 2.24) is 13.5 Å². The molecule has 10 nitrogen and oxygen atoms in total. The van der Waals surface area contributed by atoms with Crippen LogP contribution in [0.15, 0.2) is 29.2 Å². The first-order valence-corrected chi connectivity index (χ1v) is 13.8. The molecule has 0 bridgehead atoms. The lowest BCUT2D eigenvalue weighted by molar-refractivity contribution is -0.117. The fourth-order valence-corrected chi connectivity index (χ4v) is 6.61. The zero-order chi connectivity index (χ0) is 23.5. The Morgan fingerprint density at radius 3 is 2.06 bits per heavy atom. The van der Waals surface area contributed by atoms with Gasteiger partial charge in [-0.3, -0.25) is 9.69 Å². The fraction of sp³-hybridized carbons (Fsp3) is 0.650. The predicted molar refractivity (Wildman–Crippen MR) is 121 cm³/mol. The molecule has 2 atom stereocenters. The van der Waals surface area contributed by atoms with Gasteiger partial charge in [-0.25, -0.2) is 16.8 Å². The van der Waals surface area contributed by atoms with E-state index < -0.39 is 20.0 Å². The van der Waals surface area contributed by atoms with Crippen molar-refractivity contribution in [3.05, 3.63) is 24.3 Å². The minimum atomic E-state index is -3.64. The van der Waals surface area contributed by atoms with Gasteiger partial charge in [0.1, 0.15) is 0 Å². The number of sulfonamides is 2. The number of amides is 1. The summed E-state index contributed by atoms with van der Waals surface area (Å²) in [5.41, 5.74) is 0.505. The summed E-state index contributed by atoms with van der Waals surface area (Å²) >= 11 is 0. The van der Waals surface area contributed by atoms with Crippen molar-refractivity contribution in [3.8, 4) is 0 Å².